The SMILES string of the molecule is COC(=O)c1cc(CCCOS(C)(=O)=O)cs1. The molecule has 0 fully saturated rings. The lowest BCUT2D eigenvalue weighted by molar-refractivity contribution is 0.0606. The van der Waals surface area contributed by atoms with E-state index < -0.39 is 10.1 Å². The van der Waals surface area contributed by atoms with Crippen molar-refractivity contribution in [2.75, 3.05) is 20.0 Å². The van der Waals surface area contributed by atoms with Gasteiger partial charge in [0.05, 0.1) is 20.0 Å². The fourth-order valence-electron chi connectivity index (χ4n) is 1.20. The van der Waals surface area contributed by atoms with Gasteiger partial charge < -0.3 is 4.74 Å². The summed E-state index contributed by atoms with van der Waals surface area (Å²) in [6.45, 7) is 0.155. The smallest absolute Gasteiger partial charge is 0.348 e. The minimum absolute atomic E-state index is 0.155. The molecule has 17 heavy (non-hydrogen) atoms. The van der Waals surface area contributed by atoms with Crippen LogP contribution in [0, 0.1) is 0 Å². The molecule has 1 heterocycles. The Labute approximate surface area is 104 Å². The lowest BCUT2D eigenvalue weighted by Gasteiger charge is -1.99. The van der Waals surface area contributed by atoms with Crippen molar-refractivity contribution in [2.45, 2.75) is 12.8 Å². The van der Waals surface area contributed by atoms with Crippen LogP contribution in [0.2, 0.25) is 0 Å². The number of hydrogen-bond acceptors (Lipinski definition) is 6. The van der Waals surface area contributed by atoms with Gasteiger partial charge in [-0.15, -0.1) is 11.3 Å². The van der Waals surface area contributed by atoms with Gasteiger partial charge in [0.2, 0.25) is 0 Å². The molecule has 0 bridgehead atoms. The quantitative estimate of drug-likeness (QED) is 0.447. The Bertz CT molecular complexity index is 475. The summed E-state index contributed by atoms with van der Waals surface area (Å²) in [4.78, 5) is 11.7. The lowest BCUT2D eigenvalue weighted by atomic mass is 10.2. The van der Waals surface area contributed by atoms with E-state index in [2.05, 4.69) is 8.92 Å². The van der Waals surface area contributed by atoms with E-state index in [4.69, 9.17) is 0 Å². The average Bonchev–Trinajstić information content (AvgIpc) is 2.70. The van der Waals surface area contributed by atoms with E-state index in [1.807, 2.05) is 5.38 Å². The lowest BCUT2D eigenvalue weighted by Crippen LogP contribution is -2.04. The third kappa shape index (κ3) is 5.29. The summed E-state index contributed by atoms with van der Waals surface area (Å²) >= 11 is 1.31. The van der Waals surface area contributed by atoms with Gasteiger partial charge in [-0.1, -0.05) is 0 Å². The van der Waals surface area contributed by atoms with Gasteiger partial charge in [0.15, 0.2) is 0 Å². The van der Waals surface area contributed by atoms with E-state index in [9.17, 15) is 13.2 Å². The normalized spacial score (nSPS) is 11.4. The van der Waals surface area contributed by atoms with Crippen molar-refractivity contribution < 1.29 is 22.1 Å². The Morgan fingerprint density at radius 1 is 1.47 bits per heavy atom. The minimum atomic E-state index is -3.36. The molecule has 0 amide bonds. The van der Waals surface area contributed by atoms with E-state index in [0.717, 1.165) is 11.8 Å². The maximum Gasteiger partial charge on any atom is 0.348 e. The molecule has 0 N–H and O–H groups in total. The first-order valence-electron chi connectivity index (χ1n) is 4.92. The Balaban J connectivity index is 2.38. The van der Waals surface area contributed by atoms with Crippen molar-refractivity contribution >= 4 is 27.4 Å². The molecule has 96 valence electrons. The van der Waals surface area contributed by atoms with E-state index in [-0.39, 0.29) is 12.6 Å². The van der Waals surface area contributed by atoms with Crippen LogP contribution in [0.5, 0.6) is 0 Å². The van der Waals surface area contributed by atoms with Crippen LogP contribution in [0.25, 0.3) is 0 Å². The highest BCUT2D eigenvalue weighted by atomic mass is 32.2. The molecule has 1 rings (SSSR count). The van der Waals surface area contributed by atoms with Crippen molar-refractivity contribution in [3.8, 4) is 0 Å². The van der Waals surface area contributed by atoms with Crippen LogP contribution in [0.15, 0.2) is 11.4 Å². The van der Waals surface area contributed by atoms with Crippen molar-refractivity contribution in [3.05, 3.63) is 21.9 Å². The molecular formula is C10H14O5S2. The summed E-state index contributed by atoms with van der Waals surface area (Å²) in [6, 6.07) is 1.75. The molecule has 0 saturated heterocycles. The Kier molecular flexibility index (Phi) is 5.10. The van der Waals surface area contributed by atoms with E-state index >= 15 is 0 Å². The largest absolute Gasteiger partial charge is 0.465 e. The van der Waals surface area contributed by atoms with Crippen LogP contribution in [0.1, 0.15) is 21.7 Å². The summed E-state index contributed by atoms with van der Waals surface area (Å²) in [6.07, 6.45) is 2.28. The number of hydrogen-bond donors (Lipinski definition) is 0. The topological polar surface area (TPSA) is 69.7 Å². The second-order valence-electron chi connectivity index (χ2n) is 3.44. The van der Waals surface area contributed by atoms with Gasteiger partial charge in [-0.2, -0.15) is 8.42 Å². The van der Waals surface area contributed by atoms with Gasteiger partial charge in [0.25, 0.3) is 10.1 Å². The Morgan fingerprint density at radius 2 is 2.18 bits per heavy atom. The highest BCUT2D eigenvalue weighted by molar-refractivity contribution is 7.85. The third-order valence-electron chi connectivity index (χ3n) is 1.95. The van der Waals surface area contributed by atoms with Crippen LogP contribution < -0.4 is 0 Å². The number of aryl methyl sites for hydroxylation is 1. The standard InChI is InChI=1S/C10H14O5S2/c1-14-10(11)9-6-8(7-16-9)4-3-5-15-17(2,12)13/h6-7H,3-5H2,1-2H3. The molecule has 0 unspecified atom stereocenters. The number of carbonyl (C=O) groups is 1. The van der Waals surface area contributed by atoms with Gasteiger partial charge in [-0.05, 0) is 29.9 Å². The van der Waals surface area contributed by atoms with E-state index in [0.29, 0.717) is 17.7 Å². The first-order chi connectivity index (χ1) is 7.92. The predicted molar refractivity (Wildman–Crippen MR) is 64.8 cm³/mol. The fourth-order valence-corrected chi connectivity index (χ4v) is 2.48. The molecule has 0 atom stereocenters. The fraction of sp³-hybridized carbons (Fsp3) is 0.500. The van der Waals surface area contributed by atoms with Gasteiger partial charge in [0.1, 0.15) is 4.88 Å². The second-order valence-corrected chi connectivity index (χ2v) is 6.00. The molecule has 0 aliphatic heterocycles. The summed E-state index contributed by atoms with van der Waals surface area (Å²) in [5.74, 6) is -0.353. The highest BCUT2D eigenvalue weighted by Gasteiger charge is 2.09. The van der Waals surface area contributed by atoms with Gasteiger partial charge in [0, 0.05) is 0 Å². The zero-order valence-electron chi connectivity index (χ0n) is 9.63. The van der Waals surface area contributed by atoms with Crippen molar-refractivity contribution in [3.63, 3.8) is 0 Å². The number of carbonyl (C=O) groups excluding carboxylic acids is 1. The summed E-state index contributed by atoms with van der Waals surface area (Å²) in [5.41, 5.74) is 0.979. The van der Waals surface area contributed by atoms with Gasteiger partial charge >= 0.3 is 5.97 Å². The zero-order valence-corrected chi connectivity index (χ0v) is 11.3. The molecule has 5 nitrogen and oxygen atoms in total. The van der Waals surface area contributed by atoms with Gasteiger partial charge in [-0.3, -0.25) is 4.18 Å². The molecule has 0 aliphatic carbocycles. The van der Waals surface area contributed by atoms with Crippen LogP contribution in [0.4, 0.5) is 0 Å². The molecule has 0 spiro atoms. The average molecular weight is 278 g/mol. The number of methoxy groups -OCH3 is 1. The maximum absolute atomic E-state index is 11.2. The first-order valence-corrected chi connectivity index (χ1v) is 7.62. The molecule has 7 heteroatoms. The van der Waals surface area contributed by atoms with Crippen LogP contribution in [-0.2, 0) is 25.5 Å². The van der Waals surface area contributed by atoms with E-state index in [1.165, 1.54) is 18.4 Å². The maximum atomic E-state index is 11.2. The van der Waals surface area contributed by atoms with Crippen molar-refractivity contribution in [1.82, 2.24) is 0 Å². The number of ether oxygens (including phenoxy) is 1. The van der Waals surface area contributed by atoms with Crippen LogP contribution in [0.3, 0.4) is 0 Å². The number of rotatable bonds is 6. The van der Waals surface area contributed by atoms with E-state index in [1.54, 1.807) is 6.07 Å². The first kappa shape index (κ1) is 14.1. The summed E-state index contributed by atoms with van der Waals surface area (Å²) < 4.78 is 30.6. The molecule has 0 saturated carbocycles. The Morgan fingerprint density at radius 3 is 2.76 bits per heavy atom. The van der Waals surface area contributed by atoms with Crippen molar-refractivity contribution in [1.29, 1.82) is 0 Å². The highest BCUT2D eigenvalue weighted by Crippen LogP contribution is 2.17. The third-order valence-corrected chi connectivity index (χ3v) is 3.50. The second kappa shape index (κ2) is 6.13. The van der Waals surface area contributed by atoms with Crippen LogP contribution >= 0.6 is 11.3 Å². The monoisotopic (exact) mass is 278 g/mol. The Hall–Kier alpha value is -0.920. The number of thiophene rings is 1. The van der Waals surface area contributed by atoms with Gasteiger partial charge in [-0.25, -0.2) is 4.79 Å². The summed E-state index contributed by atoms with van der Waals surface area (Å²) in [5, 5.41) is 1.85. The van der Waals surface area contributed by atoms with Crippen molar-refractivity contribution in [2.24, 2.45) is 0 Å². The molecular weight excluding hydrogens is 264 g/mol. The molecule has 1 aromatic heterocycles. The number of esters is 1. The minimum Gasteiger partial charge on any atom is -0.465 e. The summed E-state index contributed by atoms with van der Waals surface area (Å²) in [7, 11) is -2.03. The molecule has 1 aromatic rings. The predicted octanol–water partition coefficient (Wildman–Crippen LogP) is 1.44. The zero-order chi connectivity index (χ0) is 12.9. The molecule has 0 radical (unpaired) electrons. The molecule has 0 aliphatic rings. The van der Waals surface area contributed by atoms with Crippen LogP contribution in [-0.4, -0.2) is 34.4 Å². The molecule has 0 aromatic carbocycles.